The quantitative estimate of drug-likeness (QED) is 0.755. The Labute approximate surface area is 109 Å². The van der Waals surface area contributed by atoms with Gasteiger partial charge in [0.05, 0.1) is 11.5 Å². The highest BCUT2D eigenvalue weighted by Gasteiger charge is 2.23. The molecule has 0 amide bonds. The number of ether oxygens (including phenoxy) is 1. The third-order valence-corrected chi connectivity index (χ3v) is 4.45. The van der Waals surface area contributed by atoms with Crippen LogP contribution in [0.2, 0.25) is 0 Å². The van der Waals surface area contributed by atoms with Gasteiger partial charge in [-0.15, -0.1) is 0 Å². The summed E-state index contributed by atoms with van der Waals surface area (Å²) < 4.78 is 31.1. The summed E-state index contributed by atoms with van der Waals surface area (Å²) in [5, 5.41) is 0. The van der Waals surface area contributed by atoms with Crippen LogP contribution in [0.1, 0.15) is 6.42 Å². The molecule has 0 aromatic heterocycles. The highest BCUT2D eigenvalue weighted by atomic mass is 32.2. The van der Waals surface area contributed by atoms with E-state index in [1.165, 1.54) is 4.31 Å². The van der Waals surface area contributed by atoms with Crippen molar-refractivity contribution >= 4 is 10.0 Å². The summed E-state index contributed by atoms with van der Waals surface area (Å²) in [6.07, 6.45) is 0.635. The first-order valence-corrected chi connectivity index (χ1v) is 7.31. The fourth-order valence-corrected chi connectivity index (χ4v) is 3.04. The molecular weight excluding hydrogens is 252 g/mol. The van der Waals surface area contributed by atoms with E-state index in [1.807, 2.05) is 0 Å². The van der Waals surface area contributed by atoms with Crippen LogP contribution in [-0.2, 0) is 14.8 Å². The smallest absolute Gasteiger partial charge is 0.243 e. The van der Waals surface area contributed by atoms with Crippen LogP contribution in [0.3, 0.4) is 0 Å². The van der Waals surface area contributed by atoms with E-state index in [0.717, 1.165) is 0 Å². The Hall–Kier alpha value is -0.950. The first-order valence-electron chi connectivity index (χ1n) is 5.87. The van der Waals surface area contributed by atoms with E-state index >= 15 is 0 Å². The van der Waals surface area contributed by atoms with Gasteiger partial charge < -0.3 is 10.5 Å². The number of methoxy groups -OCH3 is 1. The molecule has 0 spiro atoms. The summed E-state index contributed by atoms with van der Waals surface area (Å²) in [4.78, 5) is 0.304. The van der Waals surface area contributed by atoms with Crippen molar-refractivity contribution in [3.05, 3.63) is 30.3 Å². The number of hydrogen-bond donors (Lipinski definition) is 1. The monoisotopic (exact) mass is 272 g/mol. The molecule has 5 nitrogen and oxygen atoms in total. The molecule has 1 rings (SSSR count). The molecule has 0 aliphatic rings. The number of hydrogen-bond acceptors (Lipinski definition) is 4. The van der Waals surface area contributed by atoms with Crippen LogP contribution in [0, 0.1) is 0 Å². The summed E-state index contributed by atoms with van der Waals surface area (Å²) in [7, 11) is -1.90. The predicted octanol–water partition coefficient (Wildman–Crippen LogP) is 0.673. The minimum atomic E-state index is -3.45. The second kappa shape index (κ2) is 7.48. The van der Waals surface area contributed by atoms with E-state index < -0.39 is 10.0 Å². The van der Waals surface area contributed by atoms with Crippen molar-refractivity contribution in [2.24, 2.45) is 5.73 Å². The normalized spacial score (nSPS) is 11.9. The van der Waals surface area contributed by atoms with Crippen molar-refractivity contribution in [3.8, 4) is 0 Å². The topological polar surface area (TPSA) is 72.6 Å². The molecule has 0 aliphatic carbocycles. The Kier molecular flexibility index (Phi) is 6.28. The lowest BCUT2D eigenvalue weighted by atomic mass is 10.4. The summed E-state index contributed by atoms with van der Waals surface area (Å²) >= 11 is 0. The van der Waals surface area contributed by atoms with Crippen molar-refractivity contribution in [1.82, 2.24) is 4.31 Å². The molecule has 18 heavy (non-hydrogen) atoms. The molecule has 2 N–H and O–H groups in total. The highest BCUT2D eigenvalue weighted by Crippen LogP contribution is 2.15. The van der Waals surface area contributed by atoms with Gasteiger partial charge in [-0.2, -0.15) is 4.31 Å². The minimum Gasteiger partial charge on any atom is -0.383 e. The van der Waals surface area contributed by atoms with Gasteiger partial charge in [-0.1, -0.05) is 18.2 Å². The van der Waals surface area contributed by atoms with Gasteiger partial charge in [-0.25, -0.2) is 8.42 Å². The Morgan fingerprint density at radius 3 is 2.44 bits per heavy atom. The van der Waals surface area contributed by atoms with Crippen molar-refractivity contribution in [2.45, 2.75) is 11.3 Å². The molecule has 0 fully saturated rings. The molecule has 0 radical (unpaired) electrons. The fraction of sp³-hybridized carbons (Fsp3) is 0.500. The molecular formula is C12H20N2O3S. The molecule has 0 saturated heterocycles. The Morgan fingerprint density at radius 1 is 1.22 bits per heavy atom. The minimum absolute atomic E-state index is 0.304. The SMILES string of the molecule is COCCN(CCCN)S(=O)(=O)c1ccccc1. The first-order chi connectivity index (χ1) is 8.62. The lowest BCUT2D eigenvalue weighted by Crippen LogP contribution is -2.35. The van der Waals surface area contributed by atoms with Gasteiger partial charge in [-0.3, -0.25) is 0 Å². The van der Waals surface area contributed by atoms with Crippen molar-refractivity contribution in [1.29, 1.82) is 0 Å². The van der Waals surface area contributed by atoms with Crippen LogP contribution in [-0.4, -0.2) is 46.1 Å². The van der Waals surface area contributed by atoms with Crippen LogP contribution in [0.15, 0.2) is 35.2 Å². The van der Waals surface area contributed by atoms with Gasteiger partial charge in [0.2, 0.25) is 10.0 Å². The van der Waals surface area contributed by atoms with Crippen molar-refractivity contribution in [2.75, 3.05) is 33.4 Å². The van der Waals surface area contributed by atoms with E-state index in [1.54, 1.807) is 37.4 Å². The van der Waals surface area contributed by atoms with Crippen molar-refractivity contribution in [3.63, 3.8) is 0 Å². The number of nitrogens with two attached hydrogens (primary N) is 1. The third kappa shape index (κ3) is 4.06. The second-order valence-corrected chi connectivity index (χ2v) is 5.79. The van der Waals surface area contributed by atoms with Gasteiger partial charge in [0.15, 0.2) is 0 Å². The second-order valence-electron chi connectivity index (χ2n) is 3.85. The van der Waals surface area contributed by atoms with E-state index in [0.29, 0.717) is 37.6 Å². The Bertz CT molecular complexity index is 426. The first kappa shape index (κ1) is 15.1. The summed E-state index contributed by atoms with van der Waals surface area (Å²) in [6, 6.07) is 8.40. The largest absolute Gasteiger partial charge is 0.383 e. The average molecular weight is 272 g/mol. The lowest BCUT2D eigenvalue weighted by molar-refractivity contribution is 0.178. The highest BCUT2D eigenvalue weighted by molar-refractivity contribution is 7.89. The molecule has 0 unspecified atom stereocenters. The van der Waals surface area contributed by atoms with Gasteiger partial charge in [0.25, 0.3) is 0 Å². The third-order valence-electron chi connectivity index (χ3n) is 2.54. The van der Waals surface area contributed by atoms with Gasteiger partial charge >= 0.3 is 0 Å². The van der Waals surface area contributed by atoms with Crippen LogP contribution in [0.25, 0.3) is 0 Å². The van der Waals surface area contributed by atoms with Crippen molar-refractivity contribution < 1.29 is 13.2 Å². The molecule has 1 aromatic carbocycles. The van der Waals surface area contributed by atoms with Gasteiger partial charge in [-0.05, 0) is 25.1 Å². The number of nitrogens with zero attached hydrogens (tertiary/aromatic N) is 1. The zero-order valence-electron chi connectivity index (χ0n) is 10.6. The summed E-state index contributed by atoms with van der Waals surface area (Å²) in [6.45, 7) is 1.59. The fourth-order valence-electron chi connectivity index (χ4n) is 1.55. The predicted molar refractivity (Wildman–Crippen MR) is 70.7 cm³/mol. The van der Waals surface area contributed by atoms with E-state index in [9.17, 15) is 8.42 Å². The Morgan fingerprint density at radius 2 is 1.89 bits per heavy atom. The summed E-state index contributed by atoms with van der Waals surface area (Å²) in [5.41, 5.74) is 5.43. The maximum Gasteiger partial charge on any atom is 0.243 e. The molecule has 0 aliphatic heterocycles. The van der Waals surface area contributed by atoms with E-state index in [-0.39, 0.29) is 0 Å². The maximum atomic E-state index is 12.4. The molecule has 6 heteroatoms. The molecule has 1 aromatic rings. The molecule has 0 saturated carbocycles. The number of benzene rings is 1. The molecule has 0 atom stereocenters. The van der Waals surface area contributed by atoms with Gasteiger partial charge in [0.1, 0.15) is 0 Å². The molecule has 102 valence electrons. The van der Waals surface area contributed by atoms with Crippen LogP contribution < -0.4 is 5.73 Å². The average Bonchev–Trinajstić information content (AvgIpc) is 2.39. The van der Waals surface area contributed by atoms with Crippen LogP contribution in [0.4, 0.5) is 0 Å². The molecule has 0 bridgehead atoms. The van der Waals surface area contributed by atoms with Gasteiger partial charge in [0, 0.05) is 20.2 Å². The maximum absolute atomic E-state index is 12.4. The zero-order chi connectivity index (χ0) is 13.4. The number of rotatable bonds is 8. The lowest BCUT2D eigenvalue weighted by Gasteiger charge is -2.21. The number of sulfonamides is 1. The van der Waals surface area contributed by atoms with Crippen LogP contribution >= 0.6 is 0 Å². The Balaban J connectivity index is 2.88. The van der Waals surface area contributed by atoms with E-state index in [2.05, 4.69) is 0 Å². The molecule has 0 heterocycles. The standard InChI is InChI=1S/C12H20N2O3S/c1-17-11-10-14(9-5-8-13)18(15,16)12-6-3-2-4-7-12/h2-4,6-7H,5,8-11,13H2,1H3. The van der Waals surface area contributed by atoms with Crippen LogP contribution in [0.5, 0.6) is 0 Å². The van der Waals surface area contributed by atoms with E-state index in [4.69, 9.17) is 10.5 Å². The zero-order valence-corrected chi connectivity index (χ0v) is 11.4. The summed E-state index contributed by atoms with van der Waals surface area (Å²) in [5.74, 6) is 0.